The van der Waals surface area contributed by atoms with Crippen molar-refractivity contribution in [1.82, 2.24) is 14.7 Å². The van der Waals surface area contributed by atoms with Gasteiger partial charge in [-0.25, -0.2) is 4.68 Å². The number of carboxylic acid groups (broad SMARTS) is 1. The summed E-state index contributed by atoms with van der Waals surface area (Å²) in [6, 6.07) is 8.02. The lowest BCUT2D eigenvalue weighted by Gasteiger charge is -2.33. The Balaban J connectivity index is 1.67. The molecule has 0 aliphatic carbocycles. The van der Waals surface area contributed by atoms with Crippen molar-refractivity contribution in [3.8, 4) is 5.69 Å². The lowest BCUT2D eigenvalue weighted by molar-refractivity contribution is -0.157. The lowest BCUT2D eigenvalue weighted by Crippen LogP contribution is -2.45. The Morgan fingerprint density at radius 3 is 2.62 bits per heavy atom. The van der Waals surface area contributed by atoms with Crippen LogP contribution in [0, 0.1) is 18.3 Å². The summed E-state index contributed by atoms with van der Waals surface area (Å²) in [7, 11) is 0. The number of benzene rings is 1. The second-order valence-electron chi connectivity index (χ2n) is 8.51. The fourth-order valence-corrected chi connectivity index (χ4v) is 4.59. The summed E-state index contributed by atoms with van der Waals surface area (Å²) in [5.74, 6) is -1.07. The molecule has 2 aliphatic rings. The number of hydrogen-bond acceptors (Lipinski definition) is 4. The van der Waals surface area contributed by atoms with Crippen LogP contribution >= 0.6 is 0 Å². The summed E-state index contributed by atoms with van der Waals surface area (Å²) in [4.78, 5) is 27.1. The fraction of sp³-hybridized carbons (Fsp3) is 0.500. The molecule has 0 radical (unpaired) electrons. The number of rotatable bonds is 4. The van der Waals surface area contributed by atoms with Crippen LogP contribution in [0.4, 0.5) is 0 Å². The highest BCUT2D eigenvalue weighted by Gasteiger charge is 2.55. The van der Waals surface area contributed by atoms with E-state index in [-0.39, 0.29) is 24.3 Å². The van der Waals surface area contributed by atoms with E-state index in [9.17, 15) is 14.7 Å². The maximum absolute atomic E-state index is 13.4. The molecule has 7 heteroatoms. The van der Waals surface area contributed by atoms with Gasteiger partial charge >= 0.3 is 5.97 Å². The van der Waals surface area contributed by atoms with Gasteiger partial charge in [0.1, 0.15) is 0 Å². The van der Waals surface area contributed by atoms with Crippen molar-refractivity contribution in [2.75, 3.05) is 26.3 Å². The number of likely N-dealkylation sites (tertiary alicyclic amines) is 1. The van der Waals surface area contributed by atoms with E-state index in [0.717, 1.165) is 16.9 Å². The molecule has 7 nitrogen and oxygen atoms in total. The average molecular weight is 397 g/mol. The van der Waals surface area contributed by atoms with Gasteiger partial charge in [0.05, 0.1) is 35.2 Å². The van der Waals surface area contributed by atoms with Gasteiger partial charge in [-0.1, -0.05) is 31.5 Å². The van der Waals surface area contributed by atoms with E-state index in [1.165, 1.54) is 0 Å². The van der Waals surface area contributed by atoms with Gasteiger partial charge in [0.2, 0.25) is 0 Å². The first-order valence-electron chi connectivity index (χ1n) is 10.1. The lowest BCUT2D eigenvalue weighted by atomic mass is 9.74. The third-order valence-corrected chi connectivity index (χ3v) is 6.28. The number of aliphatic carboxylic acids is 1. The molecule has 2 fully saturated rings. The molecule has 1 N–H and O–H groups in total. The van der Waals surface area contributed by atoms with Gasteiger partial charge in [0, 0.05) is 25.6 Å². The van der Waals surface area contributed by atoms with Crippen LogP contribution in [-0.4, -0.2) is 58.0 Å². The van der Waals surface area contributed by atoms with Crippen LogP contribution in [0.25, 0.3) is 5.69 Å². The number of aryl methyl sites for hydroxylation is 1. The van der Waals surface area contributed by atoms with E-state index in [1.54, 1.807) is 11.1 Å². The first kappa shape index (κ1) is 19.6. The highest BCUT2D eigenvalue weighted by atomic mass is 16.5. The molecular formula is C22H27N3O4. The molecule has 1 aromatic heterocycles. The van der Waals surface area contributed by atoms with Crippen molar-refractivity contribution in [3.05, 3.63) is 47.3 Å². The van der Waals surface area contributed by atoms with Crippen LogP contribution < -0.4 is 0 Å². The van der Waals surface area contributed by atoms with Gasteiger partial charge < -0.3 is 14.7 Å². The third-order valence-electron chi connectivity index (χ3n) is 6.28. The Bertz CT molecular complexity index is 934. The van der Waals surface area contributed by atoms with Crippen LogP contribution in [0.15, 0.2) is 30.5 Å². The molecule has 0 saturated carbocycles. The van der Waals surface area contributed by atoms with Crippen molar-refractivity contribution in [2.45, 2.75) is 33.1 Å². The van der Waals surface area contributed by atoms with Crippen LogP contribution in [0.5, 0.6) is 0 Å². The number of nitrogens with zero attached hydrogens (tertiary/aromatic N) is 3. The number of aromatic nitrogens is 2. The van der Waals surface area contributed by atoms with E-state index in [4.69, 9.17) is 4.74 Å². The Hall–Kier alpha value is -2.67. The van der Waals surface area contributed by atoms with E-state index < -0.39 is 11.4 Å². The zero-order valence-electron chi connectivity index (χ0n) is 17.1. The summed E-state index contributed by atoms with van der Waals surface area (Å²) in [5.41, 5.74) is 2.54. The standard InChI is InChI=1S/C22H27N3O4/c1-14(2)19-18(10-23-25(19)17-6-4-15(3)5-7-17)20(26)24-11-16-12-29-9-8-22(16,13-24)21(27)28/h4-7,10,14,16H,8-9,11-13H2,1-3H3,(H,27,28)/t16-,22+/m0/s1. The minimum absolute atomic E-state index is 0.0828. The summed E-state index contributed by atoms with van der Waals surface area (Å²) in [6.45, 7) is 7.54. The van der Waals surface area contributed by atoms with Gasteiger partial charge in [-0.2, -0.15) is 5.10 Å². The molecule has 2 saturated heterocycles. The molecule has 2 aliphatic heterocycles. The summed E-state index contributed by atoms with van der Waals surface area (Å²) in [5, 5.41) is 14.4. The van der Waals surface area contributed by atoms with Crippen molar-refractivity contribution >= 4 is 11.9 Å². The van der Waals surface area contributed by atoms with Gasteiger partial charge in [0.25, 0.3) is 5.91 Å². The van der Waals surface area contributed by atoms with Crippen LogP contribution in [-0.2, 0) is 9.53 Å². The van der Waals surface area contributed by atoms with Crippen molar-refractivity contribution in [2.24, 2.45) is 11.3 Å². The monoisotopic (exact) mass is 397 g/mol. The molecule has 4 rings (SSSR count). The molecule has 3 heterocycles. The predicted octanol–water partition coefficient (Wildman–Crippen LogP) is 2.87. The van der Waals surface area contributed by atoms with Crippen LogP contribution in [0.1, 0.15) is 47.8 Å². The SMILES string of the molecule is Cc1ccc(-n2ncc(C(=O)N3C[C@H]4COCC[C@@]4(C(=O)O)C3)c2C(C)C)cc1. The number of amides is 1. The van der Waals surface area contributed by atoms with E-state index in [0.29, 0.717) is 31.7 Å². The highest BCUT2D eigenvalue weighted by molar-refractivity contribution is 5.96. The maximum Gasteiger partial charge on any atom is 0.311 e. The molecule has 154 valence electrons. The Kier molecular flexibility index (Phi) is 4.94. The normalized spacial score (nSPS) is 24.0. The van der Waals surface area contributed by atoms with Crippen LogP contribution in [0.3, 0.4) is 0 Å². The number of fused-ring (bicyclic) bond motifs is 1. The summed E-state index contributed by atoms with van der Waals surface area (Å²) in [6.07, 6.45) is 2.06. The van der Waals surface area contributed by atoms with Gasteiger partial charge in [-0.3, -0.25) is 9.59 Å². The average Bonchev–Trinajstić information content (AvgIpc) is 3.31. The number of carboxylic acids is 1. The fourth-order valence-electron chi connectivity index (χ4n) is 4.59. The van der Waals surface area contributed by atoms with E-state index in [2.05, 4.69) is 5.10 Å². The van der Waals surface area contributed by atoms with Crippen molar-refractivity contribution < 1.29 is 19.4 Å². The second kappa shape index (κ2) is 7.30. The molecule has 0 spiro atoms. The maximum atomic E-state index is 13.4. The predicted molar refractivity (Wildman–Crippen MR) is 107 cm³/mol. The topological polar surface area (TPSA) is 84.7 Å². The largest absolute Gasteiger partial charge is 0.481 e. The smallest absolute Gasteiger partial charge is 0.311 e. The van der Waals surface area contributed by atoms with Gasteiger partial charge in [-0.05, 0) is 31.4 Å². The van der Waals surface area contributed by atoms with E-state index in [1.807, 2.05) is 49.7 Å². The number of carbonyl (C=O) groups excluding carboxylic acids is 1. The minimum Gasteiger partial charge on any atom is -0.481 e. The molecule has 1 amide bonds. The third kappa shape index (κ3) is 3.23. The zero-order valence-corrected chi connectivity index (χ0v) is 17.1. The number of carbonyl (C=O) groups is 2. The summed E-state index contributed by atoms with van der Waals surface area (Å²) >= 11 is 0. The molecule has 0 unspecified atom stereocenters. The van der Waals surface area contributed by atoms with Crippen molar-refractivity contribution in [3.63, 3.8) is 0 Å². The molecular weight excluding hydrogens is 370 g/mol. The Morgan fingerprint density at radius 2 is 2.00 bits per heavy atom. The van der Waals surface area contributed by atoms with Crippen molar-refractivity contribution in [1.29, 1.82) is 0 Å². The second-order valence-corrected chi connectivity index (χ2v) is 8.51. The number of ether oxygens (including phenoxy) is 1. The molecule has 2 atom stereocenters. The molecule has 29 heavy (non-hydrogen) atoms. The minimum atomic E-state index is -0.904. The number of hydrogen-bond donors (Lipinski definition) is 1. The van der Waals surface area contributed by atoms with Crippen LogP contribution in [0.2, 0.25) is 0 Å². The zero-order chi connectivity index (χ0) is 20.8. The molecule has 1 aromatic carbocycles. The quantitative estimate of drug-likeness (QED) is 0.858. The Morgan fingerprint density at radius 1 is 1.28 bits per heavy atom. The Labute approximate surface area is 170 Å². The first-order chi connectivity index (χ1) is 13.8. The summed E-state index contributed by atoms with van der Waals surface area (Å²) < 4.78 is 7.32. The molecule has 2 aromatic rings. The van der Waals surface area contributed by atoms with E-state index >= 15 is 0 Å². The van der Waals surface area contributed by atoms with Gasteiger partial charge in [0.15, 0.2) is 0 Å². The molecule has 0 bridgehead atoms. The highest BCUT2D eigenvalue weighted by Crippen LogP contribution is 2.43. The first-order valence-corrected chi connectivity index (χ1v) is 10.1. The van der Waals surface area contributed by atoms with Gasteiger partial charge in [-0.15, -0.1) is 0 Å².